The molecular formula is C14H19NO4. The molecule has 1 aromatic rings. The second-order valence-electron chi connectivity index (χ2n) is 4.57. The van der Waals surface area contributed by atoms with Crippen LogP contribution in [0.4, 0.5) is 0 Å². The Hall–Kier alpha value is -1.59. The first-order valence-corrected chi connectivity index (χ1v) is 6.48. The lowest BCUT2D eigenvalue weighted by Crippen LogP contribution is -2.37. The van der Waals surface area contributed by atoms with Crippen molar-refractivity contribution in [2.45, 2.75) is 25.5 Å². The van der Waals surface area contributed by atoms with Crippen LogP contribution in [0.1, 0.15) is 23.7 Å². The van der Waals surface area contributed by atoms with Crippen LogP contribution in [-0.4, -0.2) is 43.0 Å². The van der Waals surface area contributed by atoms with Gasteiger partial charge in [0.05, 0.1) is 6.10 Å². The Labute approximate surface area is 112 Å². The van der Waals surface area contributed by atoms with Crippen LogP contribution in [0.2, 0.25) is 0 Å². The number of aromatic carboxylic acids is 1. The van der Waals surface area contributed by atoms with Gasteiger partial charge in [-0.25, -0.2) is 4.79 Å². The molecule has 2 N–H and O–H groups in total. The number of hydrogen-bond acceptors (Lipinski definition) is 4. The molecule has 2 rings (SSSR count). The Morgan fingerprint density at radius 1 is 1.53 bits per heavy atom. The van der Waals surface area contributed by atoms with E-state index >= 15 is 0 Å². The minimum Gasteiger partial charge on any atom is -0.491 e. The van der Waals surface area contributed by atoms with Crippen LogP contribution in [0.25, 0.3) is 0 Å². The van der Waals surface area contributed by atoms with Crippen molar-refractivity contribution in [2.75, 3.05) is 19.8 Å². The van der Waals surface area contributed by atoms with Gasteiger partial charge in [0.2, 0.25) is 0 Å². The Bertz CT molecular complexity index is 435. The number of carboxylic acid groups (broad SMARTS) is 1. The van der Waals surface area contributed by atoms with Gasteiger partial charge in [-0.1, -0.05) is 12.1 Å². The molecule has 19 heavy (non-hydrogen) atoms. The van der Waals surface area contributed by atoms with E-state index in [1.807, 2.05) is 6.92 Å². The number of carbonyl (C=O) groups is 1. The standard InChI is InChI=1S/C14H19NO4/c1-10-12(6-8-18-10)15-7-9-19-13-5-3-2-4-11(13)14(16)17/h2-5,10,12,15H,6-9H2,1H3,(H,16,17). The lowest BCUT2D eigenvalue weighted by Gasteiger charge is -2.16. The molecule has 2 atom stereocenters. The summed E-state index contributed by atoms with van der Waals surface area (Å²) in [4.78, 5) is 11.0. The van der Waals surface area contributed by atoms with Crippen molar-refractivity contribution in [3.05, 3.63) is 29.8 Å². The van der Waals surface area contributed by atoms with Crippen molar-refractivity contribution < 1.29 is 19.4 Å². The van der Waals surface area contributed by atoms with E-state index < -0.39 is 5.97 Å². The third-order valence-electron chi connectivity index (χ3n) is 3.26. The zero-order valence-corrected chi connectivity index (χ0v) is 11.0. The van der Waals surface area contributed by atoms with Crippen molar-refractivity contribution in [2.24, 2.45) is 0 Å². The third kappa shape index (κ3) is 3.68. The van der Waals surface area contributed by atoms with E-state index in [0.717, 1.165) is 13.0 Å². The minimum absolute atomic E-state index is 0.195. The van der Waals surface area contributed by atoms with Crippen LogP contribution < -0.4 is 10.1 Å². The molecule has 1 fully saturated rings. The molecule has 1 aliphatic heterocycles. The Morgan fingerprint density at radius 2 is 2.32 bits per heavy atom. The second kappa shape index (κ2) is 6.54. The van der Waals surface area contributed by atoms with Crippen molar-refractivity contribution in [3.63, 3.8) is 0 Å². The van der Waals surface area contributed by atoms with Gasteiger partial charge in [0.15, 0.2) is 0 Å². The van der Waals surface area contributed by atoms with Gasteiger partial charge in [-0.05, 0) is 25.5 Å². The van der Waals surface area contributed by atoms with Gasteiger partial charge >= 0.3 is 5.97 Å². The summed E-state index contributed by atoms with van der Waals surface area (Å²) in [7, 11) is 0. The fourth-order valence-corrected chi connectivity index (χ4v) is 2.17. The molecule has 2 unspecified atom stereocenters. The maximum atomic E-state index is 11.0. The number of hydrogen-bond donors (Lipinski definition) is 2. The van der Waals surface area contributed by atoms with Crippen LogP contribution in [0.3, 0.4) is 0 Å². The van der Waals surface area contributed by atoms with Crippen molar-refractivity contribution in [1.82, 2.24) is 5.32 Å². The van der Waals surface area contributed by atoms with Crippen molar-refractivity contribution in [1.29, 1.82) is 0 Å². The zero-order valence-electron chi connectivity index (χ0n) is 11.0. The Morgan fingerprint density at radius 3 is 3.00 bits per heavy atom. The number of nitrogens with one attached hydrogen (secondary N) is 1. The van der Waals surface area contributed by atoms with E-state index in [1.54, 1.807) is 18.2 Å². The van der Waals surface area contributed by atoms with Gasteiger partial charge in [0, 0.05) is 19.2 Å². The molecule has 1 aromatic carbocycles. The number of rotatable bonds is 6. The topological polar surface area (TPSA) is 67.8 Å². The quantitative estimate of drug-likeness (QED) is 0.763. The van der Waals surface area contributed by atoms with Gasteiger partial charge < -0.3 is 19.9 Å². The minimum atomic E-state index is -0.971. The highest BCUT2D eigenvalue weighted by atomic mass is 16.5. The number of para-hydroxylation sites is 1. The second-order valence-corrected chi connectivity index (χ2v) is 4.57. The van der Waals surface area contributed by atoms with Crippen molar-refractivity contribution in [3.8, 4) is 5.75 Å². The highest BCUT2D eigenvalue weighted by molar-refractivity contribution is 5.90. The summed E-state index contributed by atoms with van der Waals surface area (Å²) in [6.07, 6.45) is 1.23. The van der Waals surface area contributed by atoms with Crippen molar-refractivity contribution >= 4 is 5.97 Å². The molecule has 5 heteroatoms. The summed E-state index contributed by atoms with van der Waals surface area (Å²) in [5.41, 5.74) is 0.195. The fourth-order valence-electron chi connectivity index (χ4n) is 2.17. The lowest BCUT2D eigenvalue weighted by molar-refractivity contribution is 0.0692. The summed E-state index contributed by atoms with van der Waals surface area (Å²) in [6, 6.07) is 7.02. The summed E-state index contributed by atoms with van der Waals surface area (Å²) < 4.78 is 11.0. The average Bonchev–Trinajstić information content (AvgIpc) is 2.80. The first-order valence-electron chi connectivity index (χ1n) is 6.48. The molecule has 0 bridgehead atoms. The molecule has 1 heterocycles. The van der Waals surface area contributed by atoms with E-state index in [2.05, 4.69) is 5.32 Å². The van der Waals surface area contributed by atoms with E-state index in [0.29, 0.717) is 24.9 Å². The highest BCUT2D eigenvalue weighted by Crippen LogP contribution is 2.17. The molecule has 0 aliphatic carbocycles. The van der Waals surface area contributed by atoms with E-state index in [9.17, 15) is 4.79 Å². The first kappa shape index (κ1) is 13.8. The van der Waals surface area contributed by atoms with Crippen LogP contribution in [0, 0.1) is 0 Å². The first-order chi connectivity index (χ1) is 9.18. The summed E-state index contributed by atoms with van der Waals surface area (Å²) >= 11 is 0. The predicted molar refractivity (Wildman–Crippen MR) is 70.7 cm³/mol. The average molecular weight is 265 g/mol. The SMILES string of the molecule is CC1OCCC1NCCOc1ccccc1C(=O)O. The van der Waals surface area contributed by atoms with Crippen LogP contribution in [0.15, 0.2) is 24.3 Å². The largest absolute Gasteiger partial charge is 0.491 e. The molecule has 1 aliphatic rings. The molecule has 0 spiro atoms. The summed E-state index contributed by atoms with van der Waals surface area (Å²) in [5.74, 6) is -0.561. The van der Waals surface area contributed by atoms with E-state index in [1.165, 1.54) is 6.07 Å². The Kier molecular flexibility index (Phi) is 4.76. The zero-order chi connectivity index (χ0) is 13.7. The predicted octanol–water partition coefficient (Wildman–Crippen LogP) is 1.53. The molecule has 0 radical (unpaired) electrons. The molecule has 0 saturated carbocycles. The monoisotopic (exact) mass is 265 g/mol. The van der Waals surface area contributed by atoms with E-state index in [-0.39, 0.29) is 11.7 Å². The van der Waals surface area contributed by atoms with Gasteiger partial charge in [0.25, 0.3) is 0 Å². The van der Waals surface area contributed by atoms with Crippen LogP contribution in [-0.2, 0) is 4.74 Å². The molecule has 1 saturated heterocycles. The van der Waals surface area contributed by atoms with Gasteiger partial charge in [-0.3, -0.25) is 0 Å². The highest BCUT2D eigenvalue weighted by Gasteiger charge is 2.23. The lowest BCUT2D eigenvalue weighted by atomic mass is 10.1. The molecule has 0 amide bonds. The number of carboxylic acids is 1. The molecule has 0 aromatic heterocycles. The van der Waals surface area contributed by atoms with Gasteiger partial charge in [-0.15, -0.1) is 0 Å². The van der Waals surface area contributed by atoms with Gasteiger partial charge in [-0.2, -0.15) is 0 Å². The smallest absolute Gasteiger partial charge is 0.339 e. The normalized spacial score (nSPS) is 22.4. The molecular weight excluding hydrogens is 246 g/mol. The molecule has 5 nitrogen and oxygen atoms in total. The van der Waals surface area contributed by atoms with Crippen LogP contribution >= 0.6 is 0 Å². The summed E-state index contributed by atoms with van der Waals surface area (Å²) in [5, 5.41) is 12.4. The van der Waals surface area contributed by atoms with Crippen LogP contribution in [0.5, 0.6) is 5.75 Å². The molecule has 104 valence electrons. The third-order valence-corrected chi connectivity index (χ3v) is 3.26. The number of benzene rings is 1. The van der Waals surface area contributed by atoms with Gasteiger partial charge in [0.1, 0.15) is 17.9 Å². The van der Waals surface area contributed by atoms with E-state index in [4.69, 9.17) is 14.6 Å². The number of ether oxygens (including phenoxy) is 2. The fraction of sp³-hybridized carbons (Fsp3) is 0.500. The maximum Gasteiger partial charge on any atom is 0.339 e. The Balaban J connectivity index is 1.78. The maximum absolute atomic E-state index is 11.0. The summed E-state index contributed by atoms with van der Waals surface area (Å²) in [6.45, 7) is 3.95.